The van der Waals surface area contributed by atoms with Gasteiger partial charge in [-0.25, -0.2) is 0 Å². The van der Waals surface area contributed by atoms with Crippen molar-refractivity contribution in [2.45, 2.75) is 63.2 Å². The second kappa shape index (κ2) is 6.83. The van der Waals surface area contributed by atoms with Gasteiger partial charge in [0.05, 0.1) is 4.92 Å². The lowest BCUT2D eigenvalue weighted by molar-refractivity contribution is -0.384. The summed E-state index contributed by atoms with van der Waals surface area (Å²) in [5, 5.41) is 10.7. The van der Waals surface area contributed by atoms with Crippen molar-refractivity contribution in [3.8, 4) is 0 Å². The highest BCUT2D eigenvalue weighted by Crippen LogP contribution is 2.45. The van der Waals surface area contributed by atoms with E-state index in [9.17, 15) is 14.9 Å². The van der Waals surface area contributed by atoms with Crippen molar-refractivity contribution in [2.24, 2.45) is 0 Å². The van der Waals surface area contributed by atoms with Crippen molar-refractivity contribution in [1.82, 2.24) is 9.80 Å². The fraction of sp³-hybridized carbons (Fsp3) is 0.550. The Kier molecular flexibility index (Phi) is 4.53. The largest absolute Gasteiger partial charge is 0.334 e. The Balaban J connectivity index is 1.44. The molecule has 0 saturated carbocycles. The Hall–Kier alpha value is -2.21. The Morgan fingerprint density at radius 2 is 1.69 bits per heavy atom. The maximum Gasteiger partial charge on any atom is 0.269 e. The van der Waals surface area contributed by atoms with Gasteiger partial charge in [0.15, 0.2) is 0 Å². The van der Waals surface area contributed by atoms with E-state index in [4.69, 9.17) is 0 Å². The zero-order valence-corrected chi connectivity index (χ0v) is 15.1. The molecule has 4 unspecified atom stereocenters. The molecule has 4 atom stereocenters. The van der Waals surface area contributed by atoms with Crippen LogP contribution < -0.4 is 0 Å². The molecule has 1 aromatic carbocycles. The molecule has 3 aliphatic heterocycles. The lowest BCUT2D eigenvalue weighted by Gasteiger charge is -2.46. The zero-order valence-electron chi connectivity index (χ0n) is 15.1. The smallest absolute Gasteiger partial charge is 0.269 e. The van der Waals surface area contributed by atoms with E-state index in [-0.39, 0.29) is 10.6 Å². The van der Waals surface area contributed by atoms with Crippen LogP contribution >= 0.6 is 0 Å². The highest BCUT2D eigenvalue weighted by atomic mass is 16.6. The molecule has 138 valence electrons. The second-order valence-electron chi connectivity index (χ2n) is 7.53. The van der Waals surface area contributed by atoms with Gasteiger partial charge in [-0.05, 0) is 43.4 Å². The SMILES string of the molecule is CCC(=O)N1C2CCC1C1CCC2N1C/C=C/c1ccc([N+](=O)[O-])cc1. The molecule has 0 N–H and O–H groups in total. The molecule has 3 fully saturated rings. The van der Waals surface area contributed by atoms with Gasteiger partial charge in [-0.2, -0.15) is 0 Å². The summed E-state index contributed by atoms with van der Waals surface area (Å²) in [6, 6.07) is 8.39. The van der Waals surface area contributed by atoms with Crippen LogP contribution in [-0.4, -0.2) is 51.3 Å². The molecular weight excluding hydrogens is 330 g/mol. The van der Waals surface area contributed by atoms with E-state index in [1.807, 2.05) is 13.0 Å². The van der Waals surface area contributed by atoms with Gasteiger partial charge < -0.3 is 4.90 Å². The van der Waals surface area contributed by atoms with E-state index in [0.29, 0.717) is 36.5 Å². The second-order valence-corrected chi connectivity index (χ2v) is 7.53. The molecule has 3 aliphatic rings. The van der Waals surface area contributed by atoms with E-state index >= 15 is 0 Å². The molecule has 1 amide bonds. The third-order valence-corrected chi connectivity index (χ3v) is 6.29. The van der Waals surface area contributed by atoms with Crippen molar-refractivity contribution in [3.05, 3.63) is 46.0 Å². The number of nitrogens with zero attached hydrogens (tertiary/aromatic N) is 3. The predicted molar refractivity (Wildman–Crippen MR) is 99.6 cm³/mol. The molecule has 0 spiro atoms. The van der Waals surface area contributed by atoms with Crippen molar-refractivity contribution >= 4 is 17.7 Å². The maximum absolute atomic E-state index is 12.4. The summed E-state index contributed by atoms with van der Waals surface area (Å²) in [6.07, 6.45) is 9.44. The number of amides is 1. The van der Waals surface area contributed by atoms with E-state index in [2.05, 4.69) is 15.9 Å². The third kappa shape index (κ3) is 2.82. The number of hydrogen-bond acceptors (Lipinski definition) is 4. The molecule has 0 aliphatic carbocycles. The van der Waals surface area contributed by atoms with Crippen LogP contribution in [0.3, 0.4) is 0 Å². The Morgan fingerprint density at radius 1 is 1.12 bits per heavy atom. The van der Waals surface area contributed by atoms with Crippen LogP contribution in [0.15, 0.2) is 30.3 Å². The molecule has 6 nitrogen and oxygen atoms in total. The lowest BCUT2D eigenvalue weighted by Crippen LogP contribution is -2.61. The molecule has 4 rings (SSSR count). The van der Waals surface area contributed by atoms with Crippen LogP contribution in [0.4, 0.5) is 5.69 Å². The normalized spacial score (nSPS) is 30.3. The van der Waals surface area contributed by atoms with E-state index in [0.717, 1.165) is 24.9 Å². The van der Waals surface area contributed by atoms with Crippen LogP contribution in [0.1, 0.15) is 44.6 Å². The number of hydrogen-bond donors (Lipinski definition) is 0. The average Bonchev–Trinajstić information content (AvgIpc) is 3.16. The fourth-order valence-electron chi connectivity index (χ4n) is 5.21. The van der Waals surface area contributed by atoms with Crippen molar-refractivity contribution in [1.29, 1.82) is 0 Å². The molecule has 1 aromatic rings. The van der Waals surface area contributed by atoms with Gasteiger partial charge in [0.2, 0.25) is 5.91 Å². The fourth-order valence-corrected chi connectivity index (χ4v) is 5.21. The first-order valence-corrected chi connectivity index (χ1v) is 9.58. The quantitative estimate of drug-likeness (QED) is 0.601. The van der Waals surface area contributed by atoms with Gasteiger partial charge in [0, 0.05) is 49.3 Å². The molecule has 3 heterocycles. The lowest BCUT2D eigenvalue weighted by atomic mass is 10.0. The molecule has 26 heavy (non-hydrogen) atoms. The standard InChI is InChI=1S/C20H25N3O3/c1-2-20(24)22-18-11-12-19(22)17-10-9-16(18)21(17)13-3-4-14-5-7-15(8-6-14)23(25)26/h3-8,16-19H,2,9-13H2,1H3/b4-3+. The zero-order chi connectivity index (χ0) is 18.3. The summed E-state index contributed by atoms with van der Waals surface area (Å²) < 4.78 is 0. The van der Waals surface area contributed by atoms with Crippen LogP contribution in [-0.2, 0) is 4.79 Å². The topological polar surface area (TPSA) is 66.7 Å². The number of nitro groups is 1. The number of piperazine rings is 1. The van der Waals surface area contributed by atoms with Crippen LogP contribution in [0.25, 0.3) is 6.08 Å². The summed E-state index contributed by atoms with van der Waals surface area (Å²) >= 11 is 0. The highest BCUT2D eigenvalue weighted by molar-refractivity contribution is 5.77. The van der Waals surface area contributed by atoms with Gasteiger partial charge in [0.25, 0.3) is 5.69 Å². The number of nitro benzene ring substituents is 1. The van der Waals surface area contributed by atoms with E-state index in [1.54, 1.807) is 24.3 Å². The maximum atomic E-state index is 12.4. The molecule has 4 bridgehead atoms. The van der Waals surface area contributed by atoms with Gasteiger partial charge in [0.1, 0.15) is 0 Å². The minimum absolute atomic E-state index is 0.119. The Morgan fingerprint density at radius 3 is 2.23 bits per heavy atom. The van der Waals surface area contributed by atoms with Crippen LogP contribution in [0.5, 0.6) is 0 Å². The number of non-ortho nitro benzene ring substituents is 1. The van der Waals surface area contributed by atoms with Crippen LogP contribution in [0.2, 0.25) is 0 Å². The summed E-state index contributed by atoms with van der Waals surface area (Å²) in [6.45, 7) is 2.84. The van der Waals surface area contributed by atoms with Crippen molar-refractivity contribution < 1.29 is 9.72 Å². The first kappa shape index (κ1) is 17.2. The number of benzene rings is 1. The summed E-state index contributed by atoms with van der Waals surface area (Å²) in [7, 11) is 0. The summed E-state index contributed by atoms with van der Waals surface area (Å²) in [5.74, 6) is 0.315. The summed E-state index contributed by atoms with van der Waals surface area (Å²) in [5.41, 5.74) is 1.10. The number of carbonyl (C=O) groups is 1. The minimum Gasteiger partial charge on any atom is -0.334 e. The predicted octanol–water partition coefficient (Wildman–Crippen LogP) is 3.22. The first-order chi connectivity index (χ1) is 12.6. The summed E-state index contributed by atoms with van der Waals surface area (Å²) in [4.78, 5) is 27.5. The van der Waals surface area contributed by atoms with E-state index < -0.39 is 0 Å². The molecule has 3 saturated heterocycles. The Labute approximate surface area is 153 Å². The van der Waals surface area contributed by atoms with Crippen molar-refractivity contribution in [2.75, 3.05) is 6.54 Å². The van der Waals surface area contributed by atoms with E-state index in [1.165, 1.54) is 12.8 Å². The minimum atomic E-state index is -0.377. The number of fused-ring (bicyclic) bond motifs is 6. The highest BCUT2D eigenvalue weighted by Gasteiger charge is 2.55. The van der Waals surface area contributed by atoms with Crippen molar-refractivity contribution in [3.63, 3.8) is 0 Å². The third-order valence-electron chi connectivity index (χ3n) is 6.29. The molecule has 6 heteroatoms. The van der Waals surface area contributed by atoms with Gasteiger partial charge >= 0.3 is 0 Å². The Bertz CT molecular complexity index is 710. The van der Waals surface area contributed by atoms with Gasteiger partial charge in [-0.15, -0.1) is 0 Å². The first-order valence-electron chi connectivity index (χ1n) is 9.58. The molecule has 0 aromatic heterocycles. The number of carbonyl (C=O) groups excluding carboxylic acids is 1. The number of rotatable bonds is 5. The molecule has 0 radical (unpaired) electrons. The van der Waals surface area contributed by atoms with Crippen LogP contribution in [0, 0.1) is 10.1 Å². The van der Waals surface area contributed by atoms with Gasteiger partial charge in [-0.3, -0.25) is 19.8 Å². The monoisotopic (exact) mass is 355 g/mol. The average molecular weight is 355 g/mol. The molecular formula is C20H25N3O3. The van der Waals surface area contributed by atoms with Gasteiger partial charge in [-0.1, -0.05) is 19.1 Å².